The maximum Gasteiger partial charge on any atom is 0.134 e. The van der Waals surface area contributed by atoms with Gasteiger partial charge in [-0.15, -0.1) is 0 Å². The van der Waals surface area contributed by atoms with E-state index in [0.29, 0.717) is 5.92 Å². The van der Waals surface area contributed by atoms with E-state index in [4.69, 9.17) is 4.98 Å². The highest BCUT2D eigenvalue weighted by Gasteiger charge is 2.27. The van der Waals surface area contributed by atoms with Crippen molar-refractivity contribution < 1.29 is 0 Å². The first kappa shape index (κ1) is 10.8. The molecular formula is C14H19N3. The van der Waals surface area contributed by atoms with Crippen LogP contribution in [0.1, 0.15) is 43.1 Å². The van der Waals surface area contributed by atoms with Gasteiger partial charge in [-0.1, -0.05) is 12.2 Å². The van der Waals surface area contributed by atoms with Gasteiger partial charge in [0.25, 0.3) is 0 Å². The van der Waals surface area contributed by atoms with Gasteiger partial charge >= 0.3 is 0 Å². The number of aryl methyl sites for hydroxylation is 1. The Bertz CT molecular complexity index is 439. The monoisotopic (exact) mass is 229 g/mol. The fourth-order valence-corrected chi connectivity index (χ4v) is 2.31. The predicted molar refractivity (Wildman–Crippen MR) is 69.3 cm³/mol. The van der Waals surface area contributed by atoms with E-state index < -0.39 is 0 Å². The van der Waals surface area contributed by atoms with Gasteiger partial charge in [0.05, 0.1) is 0 Å². The van der Waals surface area contributed by atoms with E-state index in [-0.39, 0.29) is 0 Å². The molecule has 3 nitrogen and oxygen atoms in total. The molecule has 0 radical (unpaired) electrons. The van der Waals surface area contributed by atoms with Gasteiger partial charge in [-0.3, -0.25) is 0 Å². The van der Waals surface area contributed by atoms with Crippen molar-refractivity contribution in [3.63, 3.8) is 0 Å². The third-order valence-electron chi connectivity index (χ3n) is 3.60. The summed E-state index contributed by atoms with van der Waals surface area (Å²) < 4.78 is 0. The van der Waals surface area contributed by atoms with Crippen LogP contribution in [0, 0.1) is 6.92 Å². The highest BCUT2D eigenvalue weighted by atomic mass is 15.2. The summed E-state index contributed by atoms with van der Waals surface area (Å²) in [5.41, 5.74) is 2.47. The van der Waals surface area contributed by atoms with Crippen LogP contribution in [-0.2, 0) is 0 Å². The first-order valence-electron chi connectivity index (χ1n) is 6.49. The molecule has 0 atom stereocenters. The van der Waals surface area contributed by atoms with Crippen LogP contribution in [0.15, 0.2) is 18.2 Å². The molecule has 17 heavy (non-hydrogen) atoms. The fraction of sp³-hybridized carbons (Fsp3) is 0.571. The van der Waals surface area contributed by atoms with Gasteiger partial charge in [0.1, 0.15) is 11.6 Å². The number of nitrogens with zero attached hydrogens (tertiary/aromatic N) is 3. The molecule has 3 heteroatoms. The van der Waals surface area contributed by atoms with E-state index in [9.17, 15) is 0 Å². The molecule has 0 N–H and O–H groups in total. The quantitative estimate of drug-likeness (QED) is 0.730. The van der Waals surface area contributed by atoms with Crippen molar-refractivity contribution in [3.05, 3.63) is 29.7 Å². The number of piperidine rings is 1. The lowest BCUT2D eigenvalue weighted by atomic mass is 10.1. The van der Waals surface area contributed by atoms with Crippen LogP contribution in [-0.4, -0.2) is 23.1 Å². The standard InChI is InChI=1S/C14H19N3/c1-10-5-7-17(8-6-10)13-9-11(2)15-14(16-13)12-3-4-12/h9,12H,1,3-8H2,2H3. The van der Waals surface area contributed by atoms with Crippen LogP contribution in [0.5, 0.6) is 0 Å². The number of hydrogen-bond donors (Lipinski definition) is 0. The third-order valence-corrected chi connectivity index (χ3v) is 3.60. The van der Waals surface area contributed by atoms with Crippen molar-refractivity contribution in [1.29, 1.82) is 0 Å². The van der Waals surface area contributed by atoms with E-state index in [1.807, 2.05) is 0 Å². The maximum absolute atomic E-state index is 4.73. The Morgan fingerprint density at radius 2 is 1.94 bits per heavy atom. The Labute approximate surface area is 103 Å². The normalized spacial score (nSPS) is 20.8. The second-order valence-electron chi connectivity index (χ2n) is 5.24. The summed E-state index contributed by atoms with van der Waals surface area (Å²) in [5.74, 6) is 2.81. The van der Waals surface area contributed by atoms with Crippen LogP contribution < -0.4 is 4.90 Å². The number of hydrogen-bond acceptors (Lipinski definition) is 3. The second-order valence-corrected chi connectivity index (χ2v) is 5.24. The van der Waals surface area contributed by atoms with E-state index in [1.54, 1.807) is 0 Å². The fourth-order valence-electron chi connectivity index (χ4n) is 2.31. The van der Waals surface area contributed by atoms with Crippen LogP contribution in [0.3, 0.4) is 0 Å². The Balaban J connectivity index is 1.83. The highest BCUT2D eigenvalue weighted by molar-refractivity contribution is 5.41. The van der Waals surface area contributed by atoms with Crippen molar-refractivity contribution >= 4 is 5.82 Å². The lowest BCUT2D eigenvalue weighted by Crippen LogP contribution is -2.31. The minimum Gasteiger partial charge on any atom is -0.356 e. The van der Waals surface area contributed by atoms with Crippen LogP contribution >= 0.6 is 0 Å². The first-order chi connectivity index (χ1) is 8.22. The summed E-state index contributed by atoms with van der Waals surface area (Å²) in [6, 6.07) is 2.11. The molecule has 0 spiro atoms. The summed E-state index contributed by atoms with van der Waals surface area (Å²) in [6.45, 7) is 8.24. The number of aromatic nitrogens is 2. The summed E-state index contributed by atoms with van der Waals surface area (Å²) in [5, 5.41) is 0. The van der Waals surface area contributed by atoms with E-state index in [2.05, 4.69) is 29.5 Å². The van der Waals surface area contributed by atoms with E-state index in [0.717, 1.165) is 43.3 Å². The zero-order valence-corrected chi connectivity index (χ0v) is 10.4. The highest BCUT2D eigenvalue weighted by Crippen LogP contribution is 2.38. The summed E-state index contributed by atoms with van der Waals surface area (Å²) in [7, 11) is 0. The minimum atomic E-state index is 0.633. The Hall–Kier alpha value is -1.38. The van der Waals surface area contributed by atoms with Crippen LogP contribution in [0.25, 0.3) is 0 Å². The molecule has 0 amide bonds. The average Bonchev–Trinajstić information content (AvgIpc) is 3.13. The molecule has 1 saturated heterocycles. The van der Waals surface area contributed by atoms with Gasteiger partial charge in [0.2, 0.25) is 0 Å². The summed E-state index contributed by atoms with van der Waals surface area (Å²) in [6.07, 6.45) is 4.73. The maximum atomic E-state index is 4.73. The molecule has 2 aliphatic rings. The molecule has 3 rings (SSSR count). The van der Waals surface area contributed by atoms with Gasteiger partial charge in [0, 0.05) is 30.8 Å². The first-order valence-corrected chi connectivity index (χ1v) is 6.49. The molecule has 90 valence electrons. The topological polar surface area (TPSA) is 29.0 Å². The summed E-state index contributed by atoms with van der Waals surface area (Å²) in [4.78, 5) is 11.7. The van der Waals surface area contributed by atoms with Gasteiger partial charge in [0.15, 0.2) is 0 Å². The molecule has 0 unspecified atom stereocenters. The van der Waals surface area contributed by atoms with Crippen LogP contribution in [0.4, 0.5) is 5.82 Å². The molecule has 1 aromatic heterocycles. The lowest BCUT2D eigenvalue weighted by molar-refractivity contribution is 0.674. The lowest BCUT2D eigenvalue weighted by Gasteiger charge is -2.29. The van der Waals surface area contributed by atoms with Crippen molar-refractivity contribution in [2.24, 2.45) is 0 Å². The zero-order valence-electron chi connectivity index (χ0n) is 10.4. The van der Waals surface area contributed by atoms with Crippen LogP contribution in [0.2, 0.25) is 0 Å². The Kier molecular flexibility index (Phi) is 2.61. The average molecular weight is 229 g/mol. The summed E-state index contributed by atoms with van der Waals surface area (Å²) >= 11 is 0. The van der Waals surface area contributed by atoms with E-state index in [1.165, 1.54) is 18.4 Å². The molecule has 1 aliphatic heterocycles. The second kappa shape index (κ2) is 4.13. The third kappa shape index (κ3) is 2.33. The predicted octanol–water partition coefficient (Wildman–Crippen LogP) is 2.82. The van der Waals surface area contributed by atoms with Gasteiger partial charge < -0.3 is 4.90 Å². The largest absolute Gasteiger partial charge is 0.356 e. The smallest absolute Gasteiger partial charge is 0.134 e. The molecule has 0 aromatic carbocycles. The SMILES string of the molecule is C=C1CCN(c2cc(C)nc(C3CC3)n2)CC1. The van der Waals surface area contributed by atoms with Gasteiger partial charge in [-0.05, 0) is 32.6 Å². The molecule has 1 saturated carbocycles. The van der Waals surface area contributed by atoms with Crippen molar-refractivity contribution in [1.82, 2.24) is 9.97 Å². The Morgan fingerprint density at radius 3 is 2.59 bits per heavy atom. The van der Waals surface area contributed by atoms with E-state index >= 15 is 0 Å². The van der Waals surface area contributed by atoms with Crippen molar-refractivity contribution in [2.45, 2.75) is 38.5 Å². The minimum absolute atomic E-state index is 0.633. The van der Waals surface area contributed by atoms with Gasteiger partial charge in [-0.25, -0.2) is 9.97 Å². The molecule has 2 heterocycles. The number of anilines is 1. The molecule has 1 aromatic rings. The van der Waals surface area contributed by atoms with Crippen molar-refractivity contribution in [3.8, 4) is 0 Å². The molecule has 2 fully saturated rings. The molecule has 0 bridgehead atoms. The Morgan fingerprint density at radius 1 is 1.24 bits per heavy atom. The number of rotatable bonds is 2. The van der Waals surface area contributed by atoms with Gasteiger partial charge in [-0.2, -0.15) is 0 Å². The molecular weight excluding hydrogens is 210 g/mol. The molecule has 1 aliphatic carbocycles. The zero-order chi connectivity index (χ0) is 11.8. The van der Waals surface area contributed by atoms with Crippen molar-refractivity contribution in [2.75, 3.05) is 18.0 Å².